The van der Waals surface area contributed by atoms with Crippen molar-refractivity contribution in [3.8, 4) is 0 Å². The van der Waals surface area contributed by atoms with Gasteiger partial charge < -0.3 is 10.0 Å². The normalized spacial score (nSPS) is 29.5. The molecule has 0 radical (unpaired) electrons. The Balaban J connectivity index is 1.68. The number of carbonyl (C=O) groups excluding carboxylic acids is 2. The predicted molar refractivity (Wildman–Crippen MR) is 123 cm³/mol. The van der Waals surface area contributed by atoms with Crippen molar-refractivity contribution in [1.29, 1.82) is 0 Å². The maximum atomic E-state index is 13.5. The molecule has 0 aromatic carbocycles. The zero-order chi connectivity index (χ0) is 23.8. The molecule has 1 amide bonds. The fourth-order valence-electron chi connectivity index (χ4n) is 6.70. The number of rotatable bonds is 4. The van der Waals surface area contributed by atoms with Crippen molar-refractivity contribution in [1.82, 2.24) is 24.5 Å². The lowest BCUT2D eigenvalue weighted by Crippen LogP contribution is -2.43. The molecule has 3 fully saturated rings. The van der Waals surface area contributed by atoms with Crippen LogP contribution in [0.3, 0.4) is 0 Å². The maximum Gasteiger partial charge on any atom is 0.295 e. The molecule has 8 heteroatoms. The Morgan fingerprint density at radius 2 is 1.82 bits per heavy atom. The highest BCUT2D eigenvalue weighted by atomic mass is 16.3. The van der Waals surface area contributed by atoms with Gasteiger partial charge in [-0.1, -0.05) is 6.42 Å². The van der Waals surface area contributed by atoms with Crippen LogP contribution in [0.25, 0.3) is 5.76 Å². The molecule has 2 aliphatic carbocycles. The highest BCUT2D eigenvalue weighted by molar-refractivity contribution is 6.46. The first-order chi connectivity index (χ1) is 15.6. The number of hydrogen-bond acceptors (Lipinski definition) is 5. The van der Waals surface area contributed by atoms with E-state index in [4.69, 9.17) is 0 Å². The molecule has 3 aliphatic rings. The molecule has 2 aromatic heterocycles. The van der Waals surface area contributed by atoms with Crippen LogP contribution in [0.5, 0.6) is 0 Å². The van der Waals surface area contributed by atoms with E-state index in [1.165, 1.54) is 19.3 Å². The second-order valence-electron chi connectivity index (χ2n) is 10.3. The number of nitrogens with zero attached hydrogens (tertiary/aromatic N) is 5. The van der Waals surface area contributed by atoms with Crippen molar-refractivity contribution in [2.24, 2.45) is 31.8 Å². The minimum atomic E-state index is -0.660. The van der Waals surface area contributed by atoms with E-state index in [0.717, 1.165) is 29.3 Å². The molecule has 5 rings (SSSR count). The summed E-state index contributed by atoms with van der Waals surface area (Å²) in [5, 5.41) is 20.3. The Morgan fingerprint density at radius 1 is 1.09 bits per heavy atom. The SMILES string of the molecule is Cc1nn(C)c(C)c1C(O)=C1C(=O)C(=O)N([C@H](C)[C@@H]2C[C@@H]3CC[C@@H]2C3)[C@H]1c1cnn(C)c1C. The van der Waals surface area contributed by atoms with Crippen LogP contribution in [-0.2, 0) is 23.7 Å². The number of amides is 1. The van der Waals surface area contributed by atoms with Crippen molar-refractivity contribution in [3.63, 3.8) is 0 Å². The molecule has 5 atom stereocenters. The molecule has 0 unspecified atom stereocenters. The van der Waals surface area contributed by atoms with Crippen molar-refractivity contribution in [2.45, 2.75) is 65.5 Å². The molecule has 0 spiro atoms. The fourth-order valence-corrected chi connectivity index (χ4v) is 6.70. The van der Waals surface area contributed by atoms with Crippen LogP contribution in [-0.4, -0.2) is 47.3 Å². The first-order valence-corrected chi connectivity index (χ1v) is 11.9. The smallest absolute Gasteiger partial charge is 0.295 e. The maximum absolute atomic E-state index is 13.5. The molecule has 2 saturated carbocycles. The molecule has 1 N–H and O–H groups in total. The Kier molecular flexibility index (Phi) is 5.03. The van der Waals surface area contributed by atoms with E-state index in [-0.39, 0.29) is 17.4 Å². The van der Waals surface area contributed by atoms with Crippen molar-refractivity contribution in [2.75, 3.05) is 0 Å². The number of likely N-dealkylation sites (tertiary alicyclic amines) is 1. The second kappa shape index (κ2) is 7.57. The van der Waals surface area contributed by atoms with E-state index < -0.39 is 17.7 Å². The predicted octanol–water partition coefficient (Wildman–Crippen LogP) is 3.33. The molecule has 1 aliphatic heterocycles. The molecule has 2 bridgehead atoms. The number of aromatic nitrogens is 4. The van der Waals surface area contributed by atoms with Crippen LogP contribution >= 0.6 is 0 Å². The van der Waals surface area contributed by atoms with E-state index in [0.29, 0.717) is 23.1 Å². The summed E-state index contributed by atoms with van der Waals surface area (Å²) in [5.74, 6) is 0.417. The summed E-state index contributed by atoms with van der Waals surface area (Å²) in [6.45, 7) is 7.68. The number of fused-ring (bicyclic) bond motifs is 2. The van der Waals surface area contributed by atoms with Crippen LogP contribution in [0.15, 0.2) is 11.8 Å². The number of hydrogen-bond donors (Lipinski definition) is 1. The third-order valence-electron chi connectivity index (χ3n) is 8.64. The summed E-state index contributed by atoms with van der Waals surface area (Å²) in [7, 11) is 3.65. The van der Waals surface area contributed by atoms with Gasteiger partial charge in [-0.05, 0) is 64.7 Å². The third kappa shape index (κ3) is 3.09. The minimum Gasteiger partial charge on any atom is -0.507 e. The Hall–Kier alpha value is -2.90. The molecule has 2 aromatic rings. The van der Waals surface area contributed by atoms with Gasteiger partial charge in [0.15, 0.2) is 0 Å². The van der Waals surface area contributed by atoms with E-state index in [2.05, 4.69) is 17.1 Å². The van der Waals surface area contributed by atoms with Gasteiger partial charge in [0.25, 0.3) is 11.7 Å². The summed E-state index contributed by atoms with van der Waals surface area (Å²) in [5.41, 5.74) is 3.70. The number of ketones is 1. The number of Topliss-reactive ketones (excluding diaryl/α,β-unsaturated/α-hetero) is 1. The molecule has 176 valence electrons. The lowest BCUT2D eigenvalue weighted by molar-refractivity contribution is -0.142. The summed E-state index contributed by atoms with van der Waals surface area (Å²) in [6, 6.07) is -0.755. The Morgan fingerprint density at radius 3 is 2.33 bits per heavy atom. The number of carbonyl (C=O) groups is 2. The quantitative estimate of drug-likeness (QED) is 0.437. The van der Waals surface area contributed by atoms with Crippen LogP contribution in [0.1, 0.15) is 66.9 Å². The summed E-state index contributed by atoms with van der Waals surface area (Å²) in [4.78, 5) is 28.7. The lowest BCUT2D eigenvalue weighted by Gasteiger charge is -2.37. The largest absolute Gasteiger partial charge is 0.507 e. The third-order valence-corrected chi connectivity index (χ3v) is 8.64. The van der Waals surface area contributed by atoms with Gasteiger partial charge in [0.2, 0.25) is 0 Å². The molecule has 3 heterocycles. The van der Waals surface area contributed by atoms with Gasteiger partial charge in [0, 0.05) is 37.1 Å². The van der Waals surface area contributed by atoms with Crippen LogP contribution in [0.2, 0.25) is 0 Å². The highest BCUT2D eigenvalue weighted by Gasteiger charge is 2.53. The van der Waals surface area contributed by atoms with Crippen LogP contribution < -0.4 is 0 Å². The van der Waals surface area contributed by atoms with E-state index in [9.17, 15) is 14.7 Å². The fraction of sp³-hybridized carbons (Fsp3) is 0.600. The van der Waals surface area contributed by atoms with E-state index >= 15 is 0 Å². The van der Waals surface area contributed by atoms with Gasteiger partial charge in [-0.3, -0.25) is 19.0 Å². The topological polar surface area (TPSA) is 93.2 Å². The lowest BCUT2D eigenvalue weighted by atomic mass is 9.82. The molecule has 33 heavy (non-hydrogen) atoms. The Bertz CT molecular complexity index is 1190. The van der Waals surface area contributed by atoms with E-state index in [1.54, 1.807) is 34.4 Å². The van der Waals surface area contributed by atoms with Crippen LogP contribution in [0.4, 0.5) is 0 Å². The molecular formula is C25H33N5O3. The second-order valence-corrected chi connectivity index (χ2v) is 10.3. The minimum absolute atomic E-state index is 0.0947. The number of aliphatic hydroxyl groups is 1. The summed E-state index contributed by atoms with van der Waals surface area (Å²) >= 11 is 0. The molecular weight excluding hydrogens is 418 g/mol. The number of aryl methyl sites for hydroxylation is 3. The van der Waals surface area contributed by atoms with Gasteiger partial charge in [0.1, 0.15) is 5.76 Å². The van der Waals surface area contributed by atoms with Gasteiger partial charge in [-0.15, -0.1) is 0 Å². The first-order valence-electron chi connectivity index (χ1n) is 11.9. The molecule has 8 nitrogen and oxygen atoms in total. The standard InChI is InChI=1S/C25H33N5O3/c1-12-20(15(4)29(6)27-12)23(31)21-22(19-11-26-28(5)13(19)2)30(25(33)24(21)32)14(3)18-10-16-7-8-17(18)9-16/h11,14,16-18,22,31H,7-10H2,1-6H3/t14-,16-,17-,18+,22+/m1/s1. The average Bonchev–Trinajstić information content (AvgIpc) is 3.56. The monoisotopic (exact) mass is 451 g/mol. The average molecular weight is 452 g/mol. The zero-order valence-corrected chi connectivity index (χ0v) is 20.3. The van der Waals surface area contributed by atoms with Crippen molar-refractivity contribution in [3.05, 3.63) is 40.0 Å². The van der Waals surface area contributed by atoms with E-state index in [1.807, 2.05) is 20.9 Å². The summed E-state index contributed by atoms with van der Waals surface area (Å²) < 4.78 is 3.43. The van der Waals surface area contributed by atoms with Crippen molar-refractivity contribution >= 4 is 17.4 Å². The number of aliphatic hydroxyl groups excluding tert-OH is 1. The van der Waals surface area contributed by atoms with Gasteiger partial charge in [-0.25, -0.2) is 0 Å². The van der Waals surface area contributed by atoms with Crippen LogP contribution in [0, 0.1) is 38.5 Å². The molecule has 1 saturated heterocycles. The van der Waals surface area contributed by atoms with Gasteiger partial charge in [-0.2, -0.15) is 10.2 Å². The van der Waals surface area contributed by atoms with Crippen molar-refractivity contribution < 1.29 is 14.7 Å². The summed E-state index contributed by atoms with van der Waals surface area (Å²) in [6.07, 6.45) is 6.53. The first kappa shape index (κ1) is 21.9. The zero-order valence-electron chi connectivity index (χ0n) is 20.3. The van der Waals surface area contributed by atoms with Gasteiger partial charge in [0.05, 0.1) is 29.1 Å². The Labute approximate surface area is 194 Å². The van der Waals surface area contributed by atoms with Gasteiger partial charge >= 0.3 is 0 Å². The highest BCUT2D eigenvalue weighted by Crippen LogP contribution is 2.52.